The van der Waals surface area contributed by atoms with Crippen LogP contribution in [0.25, 0.3) is 11.1 Å². The van der Waals surface area contributed by atoms with Gasteiger partial charge in [0.05, 0.1) is 19.3 Å². The number of nitrogens with zero attached hydrogens (tertiary/aromatic N) is 3. The van der Waals surface area contributed by atoms with Gasteiger partial charge in [-0.3, -0.25) is 20.2 Å². The number of benzene rings is 2. The zero-order valence-corrected chi connectivity index (χ0v) is 19.0. The van der Waals surface area contributed by atoms with Gasteiger partial charge in [0.2, 0.25) is 11.9 Å². The lowest BCUT2D eigenvalue weighted by atomic mass is 10.00. The van der Waals surface area contributed by atoms with Crippen molar-refractivity contribution in [1.29, 1.82) is 0 Å². The van der Waals surface area contributed by atoms with Gasteiger partial charge in [-0.1, -0.05) is 53.1 Å². The van der Waals surface area contributed by atoms with Crippen molar-refractivity contribution < 1.29 is 19.1 Å². The number of rotatable bonds is 11. The van der Waals surface area contributed by atoms with Crippen LogP contribution < -0.4 is 10.6 Å². The molecule has 0 aliphatic carbocycles. The Morgan fingerprint density at radius 1 is 1.12 bits per heavy atom. The molecular formula is C22H25ClN6O4. The zero-order valence-electron chi connectivity index (χ0n) is 18.2. The van der Waals surface area contributed by atoms with E-state index in [1.54, 1.807) is 6.92 Å². The smallest absolute Gasteiger partial charge is 0.325 e. The average Bonchev–Trinajstić information content (AvgIpc) is 3.32. The second-order valence-electron chi connectivity index (χ2n) is 7.13. The van der Waals surface area contributed by atoms with Crippen molar-refractivity contribution >= 4 is 29.4 Å². The number of amides is 1. The number of nitrogens with one attached hydrogen (secondary N) is 3. The number of hydrogen-bond acceptors (Lipinski definition) is 8. The number of hydrogen-bond donors (Lipinski definition) is 3. The minimum absolute atomic E-state index is 0.0418. The average molecular weight is 473 g/mol. The first-order valence-corrected chi connectivity index (χ1v) is 10.7. The molecule has 0 saturated heterocycles. The van der Waals surface area contributed by atoms with Crippen LogP contribution in [0.15, 0.2) is 48.5 Å². The first-order valence-electron chi connectivity index (χ1n) is 10.3. The number of aromatic amines is 1. The predicted octanol–water partition coefficient (Wildman–Crippen LogP) is 2.24. The number of methoxy groups -OCH3 is 1. The van der Waals surface area contributed by atoms with E-state index in [4.69, 9.17) is 21.1 Å². The van der Waals surface area contributed by atoms with Crippen molar-refractivity contribution in [3.63, 3.8) is 0 Å². The van der Waals surface area contributed by atoms with Crippen molar-refractivity contribution in [2.45, 2.75) is 25.4 Å². The van der Waals surface area contributed by atoms with Crippen LogP contribution in [-0.4, -0.2) is 64.9 Å². The van der Waals surface area contributed by atoms with E-state index in [0.29, 0.717) is 11.4 Å². The minimum atomic E-state index is -0.829. The fraction of sp³-hybridized carbons (Fsp3) is 0.318. The summed E-state index contributed by atoms with van der Waals surface area (Å²) in [6.07, 6.45) is 0.294. The van der Waals surface area contributed by atoms with Crippen molar-refractivity contribution in [3.05, 3.63) is 59.1 Å². The van der Waals surface area contributed by atoms with E-state index in [-0.39, 0.29) is 19.2 Å². The summed E-state index contributed by atoms with van der Waals surface area (Å²) in [7, 11) is 1.47. The summed E-state index contributed by atoms with van der Waals surface area (Å²) in [4.78, 5) is 25.3. The third-order valence-electron chi connectivity index (χ3n) is 4.76. The molecule has 174 valence electrons. The highest BCUT2D eigenvalue weighted by Gasteiger charge is 2.28. The highest BCUT2D eigenvalue weighted by atomic mass is 35.5. The van der Waals surface area contributed by atoms with Gasteiger partial charge < -0.3 is 9.47 Å². The second-order valence-corrected chi connectivity index (χ2v) is 7.57. The Hall–Kier alpha value is -3.34. The summed E-state index contributed by atoms with van der Waals surface area (Å²) in [6, 6.07) is 13.7. The van der Waals surface area contributed by atoms with Crippen molar-refractivity contribution in [3.8, 4) is 11.1 Å². The molecule has 0 fully saturated rings. The SMILES string of the molecule is CCOC(=O)[C@H](COC)N[C@@H](Cc1ccc(-c2cccc(Cl)c2)cc1)C(=O)Nc1nnn[nH]1. The van der Waals surface area contributed by atoms with Crippen LogP contribution in [0.5, 0.6) is 0 Å². The zero-order chi connectivity index (χ0) is 23.6. The van der Waals surface area contributed by atoms with Gasteiger partial charge >= 0.3 is 5.97 Å². The van der Waals surface area contributed by atoms with Crippen molar-refractivity contribution in [2.75, 3.05) is 25.6 Å². The lowest BCUT2D eigenvalue weighted by Crippen LogP contribution is -2.52. The van der Waals surface area contributed by atoms with Crippen LogP contribution in [0.2, 0.25) is 5.02 Å². The molecule has 0 unspecified atom stereocenters. The molecule has 0 radical (unpaired) electrons. The molecule has 1 amide bonds. The molecule has 3 rings (SSSR count). The number of anilines is 1. The van der Waals surface area contributed by atoms with Crippen LogP contribution in [-0.2, 0) is 25.5 Å². The molecule has 0 aliphatic rings. The van der Waals surface area contributed by atoms with Crippen molar-refractivity contribution in [1.82, 2.24) is 25.9 Å². The lowest BCUT2D eigenvalue weighted by molar-refractivity contribution is -0.147. The number of tetrazole rings is 1. The highest BCUT2D eigenvalue weighted by Crippen LogP contribution is 2.23. The van der Waals surface area contributed by atoms with E-state index in [0.717, 1.165) is 16.7 Å². The van der Waals surface area contributed by atoms with Crippen LogP contribution in [0.1, 0.15) is 12.5 Å². The number of esters is 1. The molecule has 0 spiro atoms. The fourth-order valence-electron chi connectivity index (χ4n) is 3.22. The summed E-state index contributed by atoms with van der Waals surface area (Å²) in [5.41, 5.74) is 2.86. The summed E-state index contributed by atoms with van der Waals surface area (Å²) >= 11 is 6.09. The maximum Gasteiger partial charge on any atom is 0.325 e. The van der Waals surface area contributed by atoms with Gasteiger partial charge in [0, 0.05) is 12.1 Å². The van der Waals surface area contributed by atoms with Crippen LogP contribution in [0.4, 0.5) is 5.95 Å². The molecule has 11 heteroatoms. The largest absolute Gasteiger partial charge is 0.465 e. The number of halogens is 1. The van der Waals surface area contributed by atoms with Gasteiger partial charge in [-0.05, 0) is 52.6 Å². The normalized spacial score (nSPS) is 12.7. The topological polar surface area (TPSA) is 131 Å². The van der Waals surface area contributed by atoms with Gasteiger partial charge in [0.15, 0.2) is 0 Å². The Morgan fingerprint density at radius 3 is 2.55 bits per heavy atom. The Labute approximate surface area is 196 Å². The number of carbonyl (C=O) groups excluding carboxylic acids is 2. The molecule has 2 aromatic carbocycles. The summed E-state index contributed by atoms with van der Waals surface area (Å²) in [6.45, 7) is 1.97. The second kappa shape index (κ2) is 12.0. The Balaban J connectivity index is 1.79. The Morgan fingerprint density at radius 2 is 1.91 bits per heavy atom. The monoisotopic (exact) mass is 472 g/mol. The van der Waals surface area contributed by atoms with Gasteiger partial charge in [-0.15, -0.1) is 0 Å². The molecule has 33 heavy (non-hydrogen) atoms. The van der Waals surface area contributed by atoms with E-state index in [9.17, 15) is 9.59 Å². The van der Waals surface area contributed by atoms with Gasteiger partial charge in [0.1, 0.15) is 6.04 Å². The highest BCUT2D eigenvalue weighted by molar-refractivity contribution is 6.30. The molecule has 3 aromatic rings. The fourth-order valence-corrected chi connectivity index (χ4v) is 3.41. The molecule has 0 aliphatic heterocycles. The lowest BCUT2D eigenvalue weighted by Gasteiger charge is -2.23. The Bertz CT molecular complexity index is 1050. The van der Waals surface area contributed by atoms with Gasteiger partial charge in [0.25, 0.3) is 0 Å². The van der Waals surface area contributed by atoms with Crippen LogP contribution in [0.3, 0.4) is 0 Å². The maximum absolute atomic E-state index is 13.0. The first kappa shape index (κ1) is 24.3. The van der Waals surface area contributed by atoms with Crippen LogP contribution in [0, 0.1) is 0 Å². The molecule has 0 bridgehead atoms. The summed E-state index contributed by atoms with van der Waals surface area (Å²) in [5.74, 6) is -0.824. The number of carbonyl (C=O) groups is 2. The number of H-pyrrole nitrogens is 1. The third kappa shape index (κ3) is 7.07. The van der Waals surface area contributed by atoms with E-state index >= 15 is 0 Å². The van der Waals surface area contributed by atoms with E-state index in [2.05, 4.69) is 31.3 Å². The molecule has 3 N–H and O–H groups in total. The molecular weight excluding hydrogens is 448 g/mol. The minimum Gasteiger partial charge on any atom is -0.465 e. The van der Waals surface area contributed by atoms with Gasteiger partial charge in [-0.2, -0.15) is 0 Å². The summed E-state index contributed by atoms with van der Waals surface area (Å²) < 4.78 is 10.2. The predicted molar refractivity (Wildman–Crippen MR) is 123 cm³/mol. The maximum atomic E-state index is 13.0. The number of ether oxygens (including phenoxy) is 2. The van der Waals surface area contributed by atoms with Crippen molar-refractivity contribution in [2.24, 2.45) is 0 Å². The van der Waals surface area contributed by atoms with E-state index in [1.807, 2.05) is 48.5 Å². The molecule has 0 saturated carbocycles. The number of aromatic nitrogens is 4. The van der Waals surface area contributed by atoms with Gasteiger partial charge in [-0.25, -0.2) is 5.10 Å². The molecule has 1 aromatic heterocycles. The molecule has 10 nitrogen and oxygen atoms in total. The van der Waals surface area contributed by atoms with E-state index in [1.165, 1.54) is 7.11 Å². The molecule has 2 atom stereocenters. The third-order valence-corrected chi connectivity index (χ3v) is 5.00. The quantitative estimate of drug-likeness (QED) is 0.362. The Kier molecular flexibility index (Phi) is 8.87. The van der Waals surface area contributed by atoms with E-state index < -0.39 is 24.0 Å². The standard InChI is InChI=1S/C22H25ClN6O4/c1-3-33-21(31)19(13-32-2)24-18(20(30)25-22-26-28-29-27-22)11-14-7-9-15(10-8-14)16-5-4-6-17(23)12-16/h4-10,12,18-19,24H,3,11,13H2,1-2H3,(H2,25,26,27,28,29,30)/t18-,19-/m0/s1. The summed E-state index contributed by atoms with van der Waals surface area (Å²) in [5, 5.41) is 19.3. The van der Waals surface area contributed by atoms with Crippen LogP contribution >= 0.6 is 11.6 Å². The first-order chi connectivity index (χ1) is 16.0. The molecule has 1 heterocycles.